The van der Waals surface area contributed by atoms with E-state index in [0.29, 0.717) is 18.2 Å². The van der Waals surface area contributed by atoms with Crippen LogP contribution in [0.3, 0.4) is 0 Å². The summed E-state index contributed by atoms with van der Waals surface area (Å²) in [6, 6.07) is 1.78. The highest BCUT2D eigenvalue weighted by molar-refractivity contribution is 5.92. The van der Waals surface area contributed by atoms with Gasteiger partial charge in [-0.05, 0) is 12.8 Å². The third kappa shape index (κ3) is 3.33. The van der Waals surface area contributed by atoms with E-state index in [1.54, 1.807) is 6.07 Å². The third-order valence-corrected chi connectivity index (χ3v) is 3.66. The van der Waals surface area contributed by atoms with Crippen LogP contribution in [0.2, 0.25) is 0 Å². The zero-order valence-corrected chi connectivity index (χ0v) is 11.0. The summed E-state index contributed by atoms with van der Waals surface area (Å²) in [6.45, 7) is 5.70. The number of carbonyl (C=O) groups excluding carboxylic acids is 1. The van der Waals surface area contributed by atoms with Gasteiger partial charge in [0.15, 0.2) is 5.69 Å². The molecule has 3 rings (SSSR count). The first-order valence-electron chi connectivity index (χ1n) is 7.01. The number of amides is 1. The number of rotatable bonds is 5. The molecule has 1 aliphatic heterocycles. The summed E-state index contributed by atoms with van der Waals surface area (Å²) in [6.07, 6.45) is 2.30. The zero-order valence-electron chi connectivity index (χ0n) is 11.0. The Morgan fingerprint density at radius 2 is 2.26 bits per heavy atom. The minimum Gasteiger partial charge on any atom is -0.360 e. The molecule has 0 unspecified atom stereocenters. The lowest BCUT2D eigenvalue weighted by Crippen LogP contribution is -2.46. The van der Waals surface area contributed by atoms with Crippen molar-refractivity contribution in [1.82, 2.24) is 20.7 Å². The van der Waals surface area contributed by atoms with E-state index < -0.39 is 0 Å². The van der Waals surface area contributed by atoms with E-state index in [0.717, 1.165) is 51.3 Å². The highest BCUT2D eigenvalue weighted by Crippen LogP contribution is 2.40. The Morgan fingerprint density at radius 1 is 1.47 bits per heavy atom. The van der Waals surface area contributed by atoms with Crippen molar-refractivity contribution in [3.63, 3.8) is 0 Å². The molecule has 0 radical (unpaired) electrons. The molecular formula is C13H20N4O2. The molecule has 6 nitrogen and oxygen atoms in total. The van der Waals surface area contributed by atoms with Crippen molar-refractivity contribution in [2.45, 2.75) is 18.8 Å². The first kappa shape index (κ1) is 12.6. The molecule has 1 amide bonds. The lowest BCUT2D eigenvalue weighted by Gasteiger charge is -2.26. The van der Waals surface area contributed by atoms with Crippen LogP contribution in [-0.4, -0.2) is 55.2 Å². The van der Waals surface area contributed by atoms with Gasteiger partial charge in [0.1, 0.15) is 5.76 Å². The summed E-state index contributed by atoms with van der Waals surface area (Å²) >= 11 is 0. The van der Waals surface area contributed by atoms with E-state index in [1.807, 2.05) is 0 Å². The van der Waals surface area contributed by atoms with Gasteiger partial charge < -0.3 is 15.2 Å². The third-order valence-electron chi connectivity index (χ3n) is 3.66. The molecule has 2 N–H and O–H groups in total. The second-order valence-electron chi connectivity index (χ2n) is 5.24. The van der Waals surface area contributed by atoms with Crippen molar-refractivity contribution in [2.24, 2.45) is 0 Å². The number of aromatic nitrogens is 1. The van der Waals surface area contributed by atoms with Crippen LogP contribution < -0.4 is 10.6 Å². The Morgan fingerprint density at radius 3 is 3.00 bits per heavy atom. The molecule has 0 atom stereocenters. The van der Waals surface area contributed by atoms with Gasteiger partial charge in [0, 0.05) is 51.3 Å². The first-order valence-corrected chi connectivity index (χ1v) is 7.01. The summed E-state index contributed by atoms with van der Waals surface area (Å²) < 4.78 is 5.18. The van der Waals surface area contributed by atoms with E-state index in [2.05, 4.69) is 20.7 Å². The molecule has 19 heavy (non-hydrogen) atoms. The van der Waals surface area contributed by atoms with Gasteiger partial charge in [-0.15, -0.1) is 0 Å². The first-order chi connectivity index (χ1) is 9.33. The Labute approximate surface area is 112 Å². The Kier molecular flexibility index (Phi) is 3.79. The van der Waals surface area contributed by atoms with Gasteiger partial charge in [0.2, 0.25) is 0 Å². The Balaban J connectivity index is 1.42. The molecule has 0 spiro atoms. The maximum absolute atomic E-state index is 11.9. The minimum atomic E-state index is -0.134. The van der Waals surface area contributed by atoms with Crippen molar-refractivity contribution in [2.75, 3.05) is 39.3 Å². The van der Waals surface area contributed by atoms with Crippen molar-refractivity contribution in [3.8, 4) is 0 Å². The smallest absolute Gasteiger partial charge is 0.273 e. The van der Waals surface area contributed by atoms with E-state index in [1.165, 1.54) is 0 Å². The molecule has 0 aromatic carbocycles. The van der Waals surface area contributed by atoms with Crippen LogP contribution in [0.5, 0.6) is 0 Å². The van der Waals surface area contributed by atoms with Crippen molar-refractivity contribution < 1.29 is 9.32 Å². The normalized spacial score (nSPS) is 20.4. The van der Waals surface area contributed by atoms with Gasteiger partial charge in [-0.1, -0.05) is 5.16 Å². The predicted octanol–water partition coefficient (Wildman–Crippen LogP) is 0.187. The molecule has 1 aromatic heterocycles. The topological polar surface area (TPSA) is 70.4 Å². The van der Waals surface area contributed by atoms with Gasteiger partial charge in [0.05, 0.1) is 0 Å². The molecule has 104 valence electrons. The average molecular weight is 264 g/mol. The largest absolute Gasteiger partial charge is 0.360 e. The second kappa shape index (κ2) is 5.71. The highest BCUT2D eigenvalue weighted by Gasteiger charge is 2.28. The molecule has 2 aliphatic rings. The van der Waals surface area contributed by atoms with Crippen LogP contribution >= 0.6 is 0 Å². The number of nitrogens with zero attached hydrogens (tertiary/aromatic N) is 2. The maximum Gasteiger partial charge on any atom is 0.273 e. The van der Waals surface area contributed by atoms with E-state index >= 15 is 0 Å². The van der Waals surface area contributed by atoms with Crippen molar-refractivity contribution >= 4 is 5.91 Å². The minimum absolute atomic E-state index is 0.134. The lowest BCUT2D eigenvalue weighted by molar-refractivity contribution is 0.0938. The molecule has 2 fully saturated rings. The standard InChI is InChI=1S/C13H20N4O2/c18-13(11-9-12(19-16-11)10-1-2-10)15-5-8-17-6-3-14-4-7-17/h9-10,14H,1-8H2,(H,15,18). The summed E-state index contributed by atoms with van der Waals surface area (Å²) in [5, 5.41) is 10.0. The predicted molar refractivity (Wildman–Crippen MR) is 70.1 cm³/mol. The molecular weight excluding hydrogens is 244 g/mol. The van der Waals surface area contributed by atoms with Crippen molar-refractivity contribution in [1.29, 1.82) is 0 Å². The van der Waals surface area contributed by atoms with Gasteiger partial charge in [0.25, 0.3) is 5.91 Å². The summed E-state index contributed by atoms with van der Waals surface area (Å²) in [5.74, 6) is 1.22. The van der Waals surface area contributed by atoms with Crippen LogP contribution in [-0.2, 0) is 0 Å². The maximum atomic E-state index is 11.9. The van der Waals surface area contributed by atoms with Crippen LogP contribution in [0.25, 0.3) is 0 Å². The molecule has 1 aromatic rings. The van der Waals surface area contributed by atoms with E-state index in [9.17, 15) is 4.79 Å². The molecule has 0 bridgehead atoms. The monoisotopic (exact) mass is 264 g/mol. The molecule has 1 saturated carbocycles. The van der Waals surface area contributed by atoms with Gasteiger partial charge in [-0.3, -0.25) is 9.69 Å². The fourth-order valence-electron chi connectivity index (χ4n) is 2.31. The van der Waals surface area contributed by atoms with Gasteiger partial charge in [-0.2, -0.15) is 0 Å². The van der Waals surface area contributed by atoms with Crippen LogP contribution in [0.15, 0.2) is 10.6 Å². The average Bonchev–Trinajstić information content (AvgIpc) is 3.17. The summed E-state index contributed by atoms with van der Waals surface area (Å²) in [7, 11) is 0. The summed E-state index contributed by atoms with van der Waals surface area (Å²) in [5.41, 5.74) is 0.405. The number of carbonyl (C=O) groups is 1. The molecule has 2 heterocycles. The van der Waals surface area contributed by atoms with Crippen molar-refractivity contribution in [3.05, 3.63) is 17.5 Å². The van der Waals surface area contributed by atoms with E-state index in [4.69, 9.17) is 4.52 Å². The highest BCUT2D eigenvalue weighted by atomic mass is 16.5. The number of piperazine rings is 1. The Bertz CT molecular complexity index is 436. The number of nitrogens with one attached hydrogen (secondary N) is 2. The molecule has 6 heteroatoms. The molecule has 1 saturated heterocycles. The molecule has 1 aliphatic carbocycles. The number of hydrogen-bond donors (Lipinski definition) is 2. The van der Waals surface area contributed by atoms with Gasteiger partial charge in [-0.25, -0.2) is 0 Å². The SMILES string of the molecule is O=C(NCCN1CCNCC1)c1cc(C2CC2)on1. The van der Waals surface area contributed by atoms with Crippen LogP contribution in [0.1, 0.15) is 35.0 Å². The fraction of sp³-hybridized carbons (Fsp3) is 0.692. The lowest BCUT2D eigenvalue weighted by atomic mass is 10.3. The quantitative estimate of drug-likeness (QED) is 0.794. The fourth-order valence-corrected chi connectivity index (χ4v) is 2.31. The van der Waals surface area contributed by atoms with Crippen LogP contribution in [0.4, 0.5) is 0 Å². The van der Waals surface area contributed by atoms with E-state index in [-0.39, 0.29) is 5.91 Å². The summed E-state index contributed by atoms with van der Waals surface area (Å²) in [4.78, 5) is 14.2. The van der Waals surface area contributed by atoms with Gasteiger partial charge >= 0.3 is 0 Å². The second-order valence-corrected chi connectivity index (χ2v) is 5.24. The number of hydrogen-bond acceptors (Lipinski definition) is 5. The van der Waals surface area contributed by atoms with Crippen LogP contribution in [0, 0.1) is 0 Å². The zero-order chi connectivity index (χ0) is 13.1. The Hall–Kier alpha value is -1.40.